The first-order valence-corrected chi connectivity index (χ1v) is 6.05. The Morgan fingerprint density at radius 3 is 2.53 bits per heavy atom. The van der Waals surface area contributed by atoms with Gasteiger partial charge in [-0.2, -0.15) is 0 Å². The number of pyridine rings is 1. The zero-order chi connectivity index (χ0) is 10.3. The van der Waals surface area contributed by atoms with E-state index in [1.807, 2.05) is 0 Å². The van der Waals surface area contributed by atoms with E-state index in [0.29, 0.717) is 0 Å². The molecule has 2 atom stereocenters. The summed E-state index contributed by atoms with van der Waals surface area (Å²) in [6.07, 6.45) is 6.08. The summed E-state index contributed by atoms with van der Waals surface area (Å²) in [6, 6.07) is 4.47. The highest BCUT2D eigenvalue weighted by Crippen LogP contribution is 2.46. The topological polar surface area (TPSA) is 16.1 Å². The summed E-state index contributed by atoms with van der Waals surface area (Å²) in [6.45, 7) is 4.69. The second-order valence-corrected chi connectivity index (χ2v) is 4.96. The molecule has 0 radical (unpaired) electrons. The third-order valence-electron chi connectivity index (χ3n) is 3.74. The van der Waals surface area contributed by atoms with Gasteiger partial charge in [-0.05, 0) is 42.7 Å². The minimum atomic E-state index is 0.796. The van der Waals surface area contributed by atoms with Crippen LogP contribution in [-0.4, -0.2) is 18.1 Å². The van der Waals surface area contributed by atoms with Gasteiger partial charge in [0, 0.05) is 19.3 Å². The SMILES string of the molecule is CC1CC1c1ccc(N2CCCC2)nc1. The van der Waals surface area contributed by atoms with Crippen LogP contribution in [0, 0.1) is 5.92 Å². The molecule has 15 heavy (non-hydrogen) atoms. The number of hydrogen-bond acceptors (Lipinski definition) is 2. The second-order valence-electron chi connectivity index (χ2n) is 4.96. The Kier molecular flexibility index (Phi) is 2.15. The minimum absolute atomic E-state index is 0.796. The molecule has 0 aromatic carbocycles. The molecule has 1 aliphatic carbocycles. The molecule has 0 spiro atoms. The van der Waals surface area contributed by atoms with Gasteiger partial charge in [-0.15, -0.1) is 0 Å². The molecular weight excluding hydrogens is 184 g/mol. The normalized spacial score (nSPS) is 29.5. The molecule has 80 valence electrons. The van der Waals surface area contributed by atoms with Crippen LogP contribution in [0.1, 0.15) is 37.7 Å². The summed E-state index contributed by atoms with van der Waals surface area (Å²) in [5.74, 6) is 2.85. The molecule has 1 aromatic heterocycles. The van der Waals surface area contributed by atoms with Crippen molar-refractivity contribution < 1.29 is 0 Å². The predicted octanol–water partition coefficient (Wildman–Crippen LogP) is 2.81. The van der Waals surface area contributed by atoms with Crippen LogP contribution < -0.4 is 4.90 Å². The Bertz CT molecular complexity index is 338. The Morgan fingerprint density at radius 1 is 1.27 bits per heavy atom. The van der Waals surface area contributed by atoms with Crippen LogP contribution in [0.3, 0.4) is 0 Å². The number of hydrogen-bond donors (Lipinski definition) is 0. The summed E-state index contributed by atoms with van der Waals surface area (Å²) in [5.41, 5.74) is 1.44. The Labute approximate surface area is 91.3 Å². The lowest BCUT2D eigenvalue weighted by Gasteiger charge is -2.16. The maximum Gasteiger partial charge on any atom is 0.128 e. The van der Waals surface area contributed by atoms with Crippen LogP contribution in [0.4, 0.5) is 5.82 Å². The average molecular weight is 202 g/mol. The van der Waals surface area contributed by atoms with Crippen LogP contribution >= 0.6 is 0 Å². The zero-order valence-electron chi connectivity index (χ0n) is 9.32. The molecule has 3 rings (SSSR count). The van der Waals surface area contributed by atoms with Gasteiger partial charge in [0.25, 0.3) is 0 Å². The first-order valence-electron chi connectivity index (χ1n) is 6.05. The highest BCUT2D eigenvalue weighted by molar-refractivity contribution is 5.41. The van der Waals surface area contributed by atoms with E-state index in [2.05, 4.69) is 35.1 Å². The maximum absolute atomic E-state index is 4.58. The first-order chi connectivity index (χ1) is 7.34. The summed E-state index contributed by atoms with van der Waals surface area (Å²) in [4.78, 5) is 6.97. The summed E-state index contributed by atoms with van der Waals surface area (Å²) >= 11 is 0. The highest BCUT2D eigenvalue weighted by atomic mass is 15.2. The quantitative estimate of drug-likeness (QED) is 0.733. The fourth-order valence-electron chi connectivity index (χ4n) is 2.54. The number of anilines is 1. The van der Waals surface area contributed by atoms with Crippen molar-refractivity contribution in [1.82, 2.24) is 4.98 Å². The monoisotopic (exact) mass is 202 g/mol. The van der Waals surface area contributed by atoms with E-state index in [0.717, 1.165) is 11.8 Å². The van der Waals surface area contributed by atoms with Gasteiger partial charge in [-0.1, -0.05) is 13.0 Å². The van der Waals surface area contributed by atoms with Crippen molar-refractivity contribution in [2.45, 2.75) is 32.1 Å². The molecule has 1 saturated carbocycles. The lowest BCUT2D eigenvalue weighted by atomic mass is 10.1. The first kappa shape index (κ1) is 9.20. The fraction of sp³-hybridized carbons (Fsp3) is 0.615. The molecule has 2 heteroatoms. The minimum Gasteiger partial charge on any atom is -0.357 e. The van der Waals surface area contributed by atoms with E-state index in [1.165, 1.54) is 43.7 Å². The maximum atomic E-state index is 4.58. The lowest BCUT2D eigenvalue weighted by Crippen LogP contribution is -2.18. The van der Waals surface area contributed by atoms with Gasteiger partial charge in [0.15, 0.2) is 0 Å². The molecule has 1 aromatic rings. The van der Waals surface area contributed by atoms with Crippen LogP contribution in [0.25, 0.3) is 0 Å². The number of aromatic nitrogens is 1. The van der Waals surface area contributed by atoms with E-state index in [9.17, 15) is 0 Å². The van der Waals surface area contributed by atoms with Crippen molar-refractivity contribution in [3.63, 3.8) is 0 Å². The third kappa shape index (κ3) is 1.73. The van der Waals surface area contributed by atoms with E-state index in [1.54, 1.807) is 0 Å². The van der Waals surface area contributed by atoms with Crippen LogP contribution in [0.2, 0.25) is 0 Å². The summed E-state index contributed by atoms with van der Waals surface area (Å²) in [7, 11) is 0. The molecule has 0 bridgehead atoms. The van der Waals surface area contributed by atoms with Gasteiger partial charge in [-0.25, -0.2) is 4.98 Å². The molecule has 2 aliphatic rings. The number of nitrogens with zero attached hydrogens (tertiary/aromatic N) is 2. The van der Waals surface area contributed by atoms with Crippen LogP contribution in [0.5, 0.6) is 0 Å². The second kappa shape index (κ2) is 3.51. The lowest BCUT2D eigenvalue weighted by molar-refractivity contribution is 0.897. The Morgan fingerprint density at radius 2 is 2.00 bits per heavy atom. The Balaban J connectivity index is 1.75. The van der Waals surface area contributed by atoms with Crippen molar-refractivity contribution >= 4 is 5.82 Å². The van der Waals surface area contributed by atoms with Gasteiger partial charge in [0.1, 0.15) is 5.82 Å². The molecule has 2 nitrogen and oxygen atoms in total. The molecule has 2 unspecified atom stereocenters. The van der Waals surface area contributed by atoms with Gasteiger partial charge in [-0.3, -0.25) is 0 Å². The van der Waals surface area contributed by atoms with Crippen molar-refractivity contribution in [3.05, 3.63) is 23.9 Å². The third-order valence-corrected chi connectivity index (χ3v) is 3.74. The largest absolute Gasteiger partial charge is 0.357 e. The number of rotatable bonds is 2. The van der Waals surface area contributed by atoms with Gasteiger partial charge < -0.3 is 4.90 Å². The Hall–Kier alpha value is -1.05. The molecule has 0 N–H and O–H groups in total. The smallest absolute Gasteiger partial charge is 0.128 e. The fourth-order valence-corrected chi connectivity index (χ4v) is 2.54. The van der Waals surface area contributed by atoms with Crippen molar-refractivity contribution in [3.8, 4) is 0 Å². The van der Waals surface area contributed by atoms with Gasteiger partial charge in [0.2, 0.25) is 0 Å². The van der Waals surface area contributed by atoms with E-state index in [-0.39, 0.29) is 0 Å². The summed E-state index contributed by atoms with van der Waals surface area (Å²) < 4.78 is 0. The summed E-state index contributed by atoms with van der Waals surface area (Å²) in [5, 5.41) is 0. The van der Waals surface area contributed by atoms with Gasteiger partial charge >= 0.3 is 0 Å². The standard InChI is InChI=1S/C13H18N2/c1-10-8-12(10)11-4-5-13(14-9-11)15-6-2-3-7-15/h4-5,9-10,12H,2-3,6-8H2,1H3. The molecule has 2 fully saturated rings. The van der Waals surface area contributed by atoms with Crippen molar-refractivity contribution in [2.24, 2.45) is 5.92 Å². The van der Waals surface area contributed by atoms with Crippen LogP contribution in [0.15, 0.2) is 18.3 Å². The zero-order valence-corrected chi connectivity index (χ0v) is 9.32. The molecule has 2 heterocycles. The average Bonchev–Trinajstić information content (AvgIpc) is 2.82. The van der Waals surface area contributed by atoms with E-state index in [4.69, 9.17) is 0 Å². The van der Waals surface area contributed by atoms with Gasteiger partial charge in [0.05, 0.1) is 0 Å². The molecular formula is C13H18N2. The van der Waals surface area contributed by atoms with Crippen LogP contribution in [-0.2, 0) is 0 Å². The molecule has 1 saturated heterocycles. The highest BCUT2D eigenvalue weighted by Gasteiger charge is 2.34. The predicted molar refractivity (Wildman–Crippen MR) is 62.2 cm³/mol. The van der Waals surface area contributed by atoms with Crippen molar-refractivity contribution in [1.29, 1.82) is 0 Å². The van der Waals surface area contributed by atoms with E-state index >= 15 is 0 Å². The van der Waals surface area contributed by atoms with Crippen molar-refractivity contribution in [2.75, 3.05) is 18.0 Å². The van der Waals surface area contributed by atoms with E-state index < -0.39 is 0 Å². The molecule has 0 amide bonds. The molecule has 1 aliphatic heterocycles.